The monoisotopic (exact) mass is 356 g/mol. The Morgan fingerprint density at radius 3 is 2.35 bits per heavy atom. The van der Waals surface area contributed by atoms with Crippen LogP contribution in [0.1, 0.15) is 24.3 Å². The summed E-state index contributed by atoms with van der Waals surface area (Å²) < 4.78 is 0. The maximum atomic E-state index is 6.33. The Balaban J connectivity index is 1.74. The van der Waals surface area contributed by atoms with Gasteiger partial charge in [-0.1, -0.05) is 66.2 Å². The van der Waals surface area contributed by atoms with Crippen molar-refractivity contribution in [1.29, 1.82) is 0 Å². The van der Waals surface area contributed by atoms with E-state index in [-0.39, 0.29) is 0 Å². The van der Waals surface area contributed by atoms with E-state index in [1.807, 2.05) is 24.3 Å². The van der Waals surface area contributed by atoms with Crippen LogP contribution in [0.4, 0.5) is 0 Å². The Morgan fingerprint density at radius 2 is 1.62 bits per heavy atom. The lowest BCUT2D eigenvalue weighted by Gasteiger charge is -2.12. The zero-order chi connectivity index (χ0) is 17.5. The number of pyridine rings is 2. The van der Waals surface area contributed by atoms with Gasteiger partial charge in [-0.3, -0.25) is 0 Å². The molecule has 26 heavy (non-hydrogen) atoms. The van der Waals surface area contributed by atoms with Gasteiger partial charge in [0.15, 0.2) is 0 Å². The van der Waals surface area contributed by atoms with Gasteiger partial charge in [-0.05, 0) is 42.0 Å². The molecule has 2 aromatic carbocycles. The van der Waals surface area contributed by atoms with Crippen molar-refractivity contribution < 1.29 is 0 Å². The quantitative estimate of drug-likeness (QED) is 0.392. The summed E-state index contributed by atoms with van der Waals surface area (Å²) in [6, 6.07) is 23.2. The average Bonchev–Trinajstić information content (AvgIpc) is 3.54. The van der Waals surface area contributed by atoms with E-state index in [4.69, 9.17) is 16.6 Å². The first-order valence-corrected chi connectivity index (χ1v) is 9.28. The van der Waals surface area contributed by atoms with Crippen LogP contribution in [0.15, 0.2) is 72.9 Å². The summed E-state index contributed by atoms with van der Waals surface area (Å²) in [5.41, 5.74) is 6.61. The summed E-state index contributed by atoms with van der Waals surface area (Å²) in [5, 5.41) is 1.37. The maximum absolute atomic E-state index is 6.33. The van der Waals surface area contributed by atoms with E-state index >= 15 is 0 Å². The average molecular weight is 357 g/mol. The third-order valence-corrected chi connectivity index (χ3v) is 5.31. The van der Waals surface area contributed by atoms with Crippen molar-refractivity contribution in [3.63, 3.8) is 0 Å². The van der Waals surface area contributed by atoms with E-state index in [1.165, 1.54) is 18.4 Å². The van der Waals surface area contributed by atoms with Crippen molar-refractivity contribution in [3.8, 4) is 22.4 Å². The molecule has 4 aromatic rings. The number of fused-ring (bicyclic) bond motifs is 1. The van der Waals surface area contributed by atoms with Crippen LogP contribution in [-0.4, -0.2) is 9.97 Å². The first-order chi connectivity index (χ1) is 12.8. The molecule has 2 aromatic heterocycles. The highest BCUT2D eigenvalue weighted by atomic mass is 35.5. The largest absolute Gasteiger partial charge is 0.247 e. The molecule has 3 heteroatoms. The summed E-state index contributed by atoms with van der Waals surface area (Å²) in [6.07, 6.45) is 4.34. The van der Waals surface area contributed by atoms with Gasteiger partial charge in [0, 0.05) is 22.7 Å². The zero-order valence-electron chi connectivity index (χ0n) is 14.2. The summed E-state index contributed by atoms with van der Waals surface area (Å²) in [5.74, 6) is 0.757. The first kappa shape index (κ1) is 15.5. The third-order valence-electron chi connectivity index (χ3n) is 5.01. The molecule has 1 aliphatic carbocycles. The van der Waals surface area contributed by atoms with Gasteiger partial charge in [0.05, 0.1) is 11.2 Å². The zero-order valence-corrected chi connectivity index (χ0v) is 14.9. The van der Waals surface area contributed by atoms with Gasteiger partial charge in [-0.15, -0.1) is 0 Å². The third kappa shape index (κ3) is 2.77. The molecule has 0 saturated heterocycles. The van der Waals surface area contributed by atoms with Crippen molar-refractivity contribution in [2.45, 2.75) is 18.8 Å². The van der Waals surface area contributed by atoms with Crippen LogP contribution in [0.25, 0.3) is 33.3 Å². The maximum Gasteiger partial charge on any atom is 0.138 e. The molecule has 0 aliphatic heterocycles. The molecule has 0 amide bonds. The highest BCUT2D eigenvalue weighted by Gasteiger charge is 2.23. The fraction of sp³-hybridized carbons (Fsp3) is 0.130. The summed E-state index contributed by atoms with van der Waals surface area (Å²) >= 11 is 6.33. The number of nitrogens with zero attached hydrogens (tertiary/aromatic N) is 2. The Bertz CT molecular complexity index is 1080. The Morgan fingerprint density at radius 1 is 0.846 bits per heavy atom. The Kier molecular flexibility index (Phi) is 3.72. The molecule has 5 rings (SSSR count). The predicted octanol–water partition coefficient (Wildman–Crippen LogP) is 6.49. The Labute approximate surface area is 157 Å². The smallest absolute Gasteiger partial charge is 0.138 e. The van der Waals surface area contributed by atoms with Crippen LogP contribution in [0.5, 0.6) is 0 Å². The van der Waals surface area contributed by atoms with Crippen LogP contribution in [0.2, 0.25) is 5.15 Å². The molecule has 0 radical (unpaired) electrons. The second-order valence-corrected chi connectivity index (χ2v) is 7.17. The predicted molar refractivity (Wildman–Crippen MR) is 107 cm³/mol. The fourth-order valence-corrected chi connectivity index (χ4v) is 3.66. The molecule has 2 nitrogen and oxygen atoms in total. The van der Waals surface area contributed by atoms with Crippen LogP contribution in [0, 0.1) is 0 Å². The molecule has 0 unspecified atom stereocenters. The van der Waals surface area contributed by atoms with Crippen molar-refractivity contribution in [2.24, 2.45) is 0 Å². The lowest BCUT2D eigenvalue weighted by atomic mass is 9.97. The van der Waals surface area contributed by atoms with Crippen molar-refractivity contribution in [3.05, 3.63) is 83.6 Å². The van der Waals surface area contributed by atoms with Crippen LogP contribution >= 0.6 is 11.6 Å². The van der Waals surface area contributed by atoms with E-state index in [0.717, 1.165) is 39.2 Å². The minimum Gasteiger partial charge on any atom is -0.247 e. The van der Waals surface area contributed by atoms with E-state index in [0.29, 0.717) is 5.15 Å². The molecular weight excluding hydrogens is 340 g/mol. The summed E-state index contributed by atoms with van der Waals surface area (Å²) in [7, 11) is 0. The highest BCUT2D eigenvalue weighted by molar-refractivity contribution is 6.34. The molecule has 1 fully saturated rings. The SMILES string of the molecule is Clc1nccc2nc(-c3ccc(C4CC4)cc3)c(-c3ccccc3)cc12. The molecule has 0 atom stereocenters. The fourth-order valence-electron chi connectivity index (χ4n) is 3.45. The number of aromatic nitrogens is 2. The van der Waals surface area contributed by atoms with Gasteiger partial charge in [-0.2, -0.15) is 0 Å². The standard InChI is InChI=1S/C23H17ClN2/c24-23-20-14-19(17-4-2-1-3-5-17)22(26-21(20)12-13-25-23)18-10-8-16(9-11-18)15-6-7-15/h1-5,8-15H,6-7H2. The normalized spacial score (nSPS) is 13.9. The van der Waals surface area contributed by atoms with E-state index < -0.39 is 0 Å². The highest BCUT2D eigenvalue weighted by Crippen LogP contribution is 2.41. The number of hydrogen-bond donors (Lipinski definition) is 0. The topological polar surface area (TPSA) is 25.8 Å². The van der Waals surface area contributed by atoms with E-state index in [2.05, 4.69) is 47.4 Å². The number of hydrogen-bond acceptors (Lipinski definition) is 2. The number of rotatable bonds is 3. The molecular formula is C23H17ClN2. The second kappa shape index (κ2) is 6.22. The van der Waals surface area contributed by atoms with Gasteiger partial charge >= 0.3 is 0 Å². The Hall–Kier alpha value is -2.71. The minimum atomic E-state index is 0.489. The lowest BCUT2D eigenvalue weighted by molar-refractivity contribution is 1.13. The van der Waals surface area contributed by atoms with Gasteiger partial charge < -0.3 is 0 Å². The lowest BCUT2D eigenvalue weighted by Crippen LogP contribution is -1.93. The minimum absolute atomic E-state index is 0.489. The van der Waals surface area contributed by atoms with Crippen molar-refractivity contribution >= 4 is 22.5 Å². The molecule has 1 aliphatic rings. The van der Waals surface area contributed by atoms with Gasteiger partial charge in [0.1, 0.15) is 5.15 Å². The molecule has 0 bridgehead atoms. The summed E-state index contributed by atoms with van der Waals surface area (Å²) in [6.45, 7) is 0. The van der Waals surface area contributed by atoms with Gasteiger partial charge in [0.2, 0.25) is 0 Å². The van der Waals surface area contributed by atoms with Crippen LogP contribution < -0.4 is 0 Å². The van der Waals surface area contributed by atoms with E-state index in [9.17, 15) is 0 Å². The van der Waals surface area contributed by atoms with Crippen LogP contribution in [-0.2, 0) is 0 Å². The first-order valence-electron chi connectivity index (χ1n) is 8.90. The molecule has 0 spiro atoms. The van der Waals surface area contributed by atoms with Crippen molar-refractivity contribution in [1.82, 2.24) is 9.97 Å². The number of benzene rings is 2. The number of halogens is 1. The second-order valence-electron chi connectivity index (χ2n) is 6.82. The molecule has 1 saturated carbocycles. The van der Waals surface area contributed by atoms with Crippen molar-refractivity contribution in [2.75, 3.05) is 0 Å². The summed E-state index contributed by atoms with van der Waals surface area (Å²) in [4.78, 5) is 9.16. The van der Waals surface area contributed by atoms with Gasteiger partial charge in [-0.25, -0.2) is 9.97 Å². The van der Waals surface area contributed by atoms with Crippen LogP contribution in [0.3, 0.4) is 0 Å². The van der Waals surface area contributed by atoms with Gasteiger partial charge in [0.25, 0.3) is 0 Å². The van der Waals surface area contributed by atoms with E-state index in [1.54, 1.807) is 6.20 Å². The molecule has 126 valence electrons. The molecule has 2 heterocycles. The molecule has 0 N–H and O–H groups in total.